The number of nitro benzene ring substituents is 1. The van der Waals surface area contributed by atoms with Gasteiger partial charge in [-0.25, -0.2) is 0 Å². The molecule has 2 unspecified atom stereocenters. The number of hydrogen-bond acceptors (Lipinski definition) is 2. The lowest BCUT2D eigenvalue weighted by molar-refractivity contribution is -0.385. The first-order valence-electron chi connectivity index (χ1n) is 5.79. The van der Waals surface area contributed by atoms with Crippen LogP contribution < -0.4 is 0 Å². The lowest BCUT2D eigenvalue weighted by atomic mass is 9.90. The van der Waals surface area contributed by atoms with Crippen LogP contribution in [0.5, 0.6) is 0 Å². The van der Waals surface area contributed by atoms with E-state index in [1.807, 2.05) is 6.07 Å². The molecule has 0 aliphatic carbocycles. The van der Waals surface area contributed by atoms with Crippen molar-refractivity contribution in [1.82, 2.24) is 0 Å². The standard InChI is InChI=1S/C13H18ClNO2/c1-9(2)10(3)12(14)8-11-6-4-5-7-13(11)15(16)17/h4-7,9-10,12H,8H2,1-3H3. The Kier molecular flexibility index (Phi) is 4.94. The maximum atomic E-state index is 10.9. The fourth-order valence-electron chi connectivity index (χ4n) is 1.68. The van der Waals surface area contributed by atoms with Gasteiger partial charge in [-0.3, -0.25) is 10.1 Å². The second-order valence-corrected chi connectivity index (χ2v) is 5.27. The third kappa shape index (κ3) is 3.70. The van der Waals surface area contributed by atoms with E-state index in [-0.39, 0.29) is 16.0 Å². The molecule has 0 aromatic heterocycles. The Labute approximate surface area is 107 Å². The molecule has 0 radical (unpaired) electrons. The highest BCUT2D eigenvalue weighted by molar-refractivity contribution is 6.20. The summed E-state index contributed by atoms with van der Waals surface area (Å²) in [7, 11) is 0. The predicted molar refractivity (Wildman–Crippen MR) is 70.4 cm³/mol. The maximum Gasteiger partial charge on any atom is 0.272 e. The molecule has 0 heterocycles. The van der Waals surface area contributed by atoms with E-state index in [9.17, 15) is 10.1 Å². The van der Waals surface area contributed by atoms with Gasteiger partial charge in [0.15, 0.2) is 0 Å². The fourth-order valence-corrected chi connectivity index (χ4v) is 2.13. The van der Waals surface area contributed by atoms with E-state index in [1.54, 1.807) is 12.1 Å². The van der Waals surface area contributed by atoms with E-state index < -0.39 is 0 Å². The van der Waals surface area contributed by atoms with Crippen molar-refractivity contribution in [1.29, 1.82) is 0 Å². The minimum Gasteiger partial charge on any atom is -0.258 e. The van der Waals surface area contributed by atoms with Gasteiger partial charge >= 0.3 is 0 Å². The van der Waals surface area contributed by atoms with Gasteiger partial charge < -0.3 is 0 Å². The molecule has 4 heteroatoms. The monoisotopic (exact) mass is 255 g/mol. The van der Waals surface area contributed by atoms with Gasteiger partial charge in [0.2, 0.25) is 0 Å². The number of halogens is 1. The van der Waals surface area contributed by atoms with Crippen LogP contribution in [0.1, 0.15) is 26.3 Å². The first-order valence-corrected chi connectivity index (χ1v) is 6.23. The van der Waals surface area contributed by atoms with E-state index in [2.05, 4.69) is 20.8 Å². The number of para-hydroxylation sites is 1. The quantitative estimate of drug-likeness (QED) is 0.453. The lowest BCUT2D eigenvalue weighted by Crippen LogP contribution is -2.20. The highest BCUT2D eigenvalue weighted by Gasteiger charge is 2.22. The first-order chi connectivity index (χ1) is 7.93. The Morgan fingerprint density at radius 1 is 1.29 bits per heavy atom. The van der Waals surface area contributed by atoms with E-state index in [0.717, 1.165) is 0 Å². The summed E-state index contributed by atoms with van der Waals surface area (Å²) in [5, 5.41) is 10.8. The molecular formula is C13H18ClNO2. The van der Waals surface area contributed by atoms with Crippen LogP contribution in [0.15, 0.2) is 24.3 Å². The molecule has 0 fully saturated rings. The van der Waals surface area contributed by atoms with Gasteiger partial charge in [-0.05, 0) is 18.3 Å². The number of alkyl halides is 1. The molecule has 0 amide bonds. The SMILES string of the molecule is CC(C)C(C)C(Cl)Cc1ccccc1[N+](=O)[O-]. The van der Waals surface area contributed by atoms with Crippen molar-refractivity contribution < 1.29 is 4.92 Å². The first kappa shape index (κ1) is 14.0. The molecule has 94 valence electrons. The van der Waals surface area contributed by atoms with Gasteiger partial charge in [-0.15, -0.1) is 11.6 Å². The zero-order valence-corrected chi connectivity index (χ0v) is 11.1. The van der Waals surface area contributed by atoms with Gasteiger partial charge in [0.25, 0.3) is 5.69 Å². The van der Waals surface area contributed by atoms with Crippen LogP contribution in [0, 0.1) is 22.0 Å². The molecule has 0 saturated carbocycles. The van der Waals surface area contributed by atoms with Crippen LogP contribution in [0.2, 0.25) is 0 Å². The van der Waals surface area contributed by atoms with Gasteiger partial charge in [0, 0.05) is 17.0 Å². The largest absolute Gasteiger partial charge is 0.272 e. The molecule has 1 aromatic rings. The second-order valence-electron chi connectivity index (χ2n) is 4.71. The molecular weight excluding hydrogens is 238 g/mol. The Bertz CT molecular complexity index is 393. The summed E-state index contributed by atoms with van der Waals surface area (Å²) in [6.45, 7) is 6.30. The van der Waals surface area contributed by atoms with Crippen molar-refractivity contribution in [3.63, 3.8) is 0 Å². The van der Waals surface area contributed by atoms with E-state index in [0.29, 0.717) is 23.8 Å². The van der Waals surface area contributed by atoms with Crippen molar-refractivity contribution in [3.8, 4) is 0 Å². The Hall–Kier alpha value is -1.09. The highest BCUT2D eigenvalue weighted by atomic mass is 35.5. The van der Waals surface area contributed by atoms with E-state index >= 15 is 0 Å². The van der Waals surface area contributed by atoms with Crippen LogP contribution in [-0.2, 0) is 6.42 Å². The van der Waals surface area contributed by atoms with Crippen LogP contribution >= 0.6 is 11.6 Å². The summed E-state index contributed by atoms with van der Waals surface area (Å²) in [6, 6.07) is 6.79. The van der Waals surface area contributed by atoms with Crippen molar-refractivity contribution in [2.75, 3.05) is 0 Å². The van der Waals surface area contributed by atoms with Crippen LogP contribution in [-0.4, -0.2) is 10.3 Å². The normalized spacial score (nSPS) is 14.6. The van der Waals surface area contributed by atoms with E-state index in [4.69, 9.17) is 11.6 Å². The number of nitro groups is 1. The van der Waals surface area contributed by atoms with E-state index in [1.165, 1.54) is 6.07 Å². The minimum absolute atomic E-state index is 0.0731. The van der Waals surface area contributed by atoms with Crippen LogP contribution in [0.25, 0.3) is 0 Å². The zero-order chi connectivity index (χ0) is 13.0. The molecule has 2 atom stereocenters. The summed E-state index contributed by atoms with van der Waals surface area (Å²) in [5.41, 5.74) is 0.874. The molecule has 0 aliphatic heterocycles. The average Bonchev–Trinajstić information content (AvgIpc) is 2.28. The Morgan fingerprint density at radius 3 is 2.41 bits per heavy atom. The molecule has 0 saturated heterocycles. The molecule has 0 bridgehead atoms. The average molecular weight is 256 g/mol. The predicted octanol–water partition coefficient (Wildman–Crippen LogP) is 4.04. The molecule has 17 heavy (non-hydrogen) atoms. The van der Waals surface area contributed by atoms with Gasteiger partial charge in [0.05, 0.1) is 4.92 Å². The van der Waals surface area contributed by atoms with Gasteiger partial charge in [-0.2, -0.15) is 0 Å². The summed E-state index contributed by atoms with van der Waals surface area (Å²) >= 11 is 6.31. The Morgan fingerprint density at radius 2 is 1.88 bits per heavy atom. The molecule has 0 spiro atoms. The van der Waals surface area contributed by atoms with Crippen LogP contribution in [0.4, 0.5) is 5.69 Å². The molecule has 1 aromatic carbocycles. The maximum absolute atomic E-state index is 10.9. The second kappa shape index (κ2) is 6.01. The van der Waals surface area contributed by atoms with Crippen molar-refractivity contribution >= 4 is 17.3 Å². The summed E-state index contributed by atoms with van der Waals surface area (Å²) in [4.78, 5) is 10.5. The minimum atomic E-state index is -0.348. The molecule has 3 nitrogen and oxygen atoms in total. The van der Waals surface area contributed by atoms with Crippen LogP contribution in [0.3, 0.4) is 0 Å². The third-order valence-electron chi connectivity index (χ3n) is 3.23. The number of rotatable bonds is 5. The molecule has 0 aliphatic rings. The smallest absolute Gasteiger partial charge is 0.258 e. The molecule has 1 rings (SSSR count). The highest BCUT2D eigenvalue weighted by Crippen LogP contribution is 2.26. The Balaban J connectivity index is 2.84. The van der Waals surface area contributed by atoms with Gasteiger partial charge in [-0.1, -0.05) is 39.0 Å². The van der Waals surface area contributed by atoms with Crippen molar-refractivity contribution in [2.45, 2.75) is 32.6 Å². The third-order valence-corrected chi connectivity index (χ3v) is 3.78. The zero-order valence-electron chi connectivity index (χ0n) is 10.4. The van der Waals surface area contributed by atoms with Gasteiger partial charge in [0.1, 0.15) is 0 Å². The van der Waals surface area contributed by atoms with Crippen molar-refractivity contribution in [3.05, 3.63) is 39.9 Å². The number of benzene rings is 1. The number of nitrogens with zero attached hydrogens (tertiary/aromatic N) is 1. The summed E-state index contributed by atoms with van der Waals surface area (Å²) < 4.78 is 0. The fraction of sp³-hybridized carbons (Fsp3) is 0.538. The lowest BCUT2D eigenvalue weighted by Gasteiger charge is -2.21. The van der Waals surface area contributed by atoms with Crippen molar-refractivity contribution in [2.24, 2.45) is 11.8 Å². The summed E-state index contributed by atoms with van der Waals surface area (Å²) in [6.07, 6.45) is 0.540. The molecule has 0 N–H and O–H groups in total. The number of hydrogen-bond donors (Lipinski definition) is 0. The topological polar surface area (TPSA) is 43.1 Å². The summed E-state index contributed by atoms with van der Waals surface area (Å²) in [5.74, 6) is 0.803.